The number of carbonyl (C=O) groups is 1. The highest BCUT2D eigenvalue weighted by atomic mass is 16.5. The number of hydrogen-bond donors (Lipinski definition) is 0. The van der Waals surface area contributed by atoms with Crippen LogP contribution in [-0.4, -0.2) is 43.7 Å². The van der Waals surface area contributed by atoms with Crippen molar-refractivity contribution in [2.45, 2.75) is 44.9 Å². The Bertz CT molecular complexity index is 815. The van der Waals surface area contributed by atoms with Gasteiger partial charge in [-0.15, -0.1) is 0 Å². The quantitative estimate of drug-likeness (QED) is 0.679. The van der Waals surface area contributed by atoms with Crippen LogP contribution in [0.25, 0.3) is 0 Å². The van der Waals surface area contributed by atoms with Crippen LogP contribution in [0, 0.1) is 0 Å². The molecule has 0 spiro atoms. The second-order valence-corrected chi connectivity index (χ2v) is 7.97. The largest absolute Gasteiger partial charge is 0.497 e. The third-order valence-corrected chi connectivity index (χ3v) is 5.75. The monoisotopic (exact) mass is 394 g/mol. The molecule has 5 nitrogen and oxygen atoms in total. The highest BCUT2D eigenvalue weighted by molar-refractivity contribution is 5.95. The summed E-state index contributed by atoms with van der Waals surface area (Å²) in [6.07, 6.45) is 4.20. The van der Waals surface area contributed by atoms with Gasteiger partial charge in [0.05, 0.1) is 13.2 Å². The molecule has 154 valence electrons. The van der Waals surface area contributed by atoms with Gasteiger partial charge in [-0.1, -0.05) is 24.3 Å². The van der Waals surface area contributed by atoms with E-state index >= 15 is 0 Å². The fraction of sp³-hybridized carbons (Fsp3) is 0.458. The van der Waals surface area contributed by atoms with Crippen molar-refractivity contribution in [3.05, 3.63) is 59.7 Å². The Balaban J connectivity index is 1.45. The Labute approximate surface area is 173 Å². The Morgan fingerprint density at radius 3 is 2.62 bits per heavy atom. The molecule has 1 unspecified atom stereocenters. The maximum absolute atomic E-state index is 12.0. The Kier molecular flexibility index (Phi) is 6.47. The number of carbonyl (C=O) groups excluding carboxylic acids is 1. The molecular formula is C24H30N2O3. The first-order valence-corrected chi connectivity index (χ1v) is 10.6. The molecule has 0 aliphatic carbocycles. The first-order valence-electron chi connectivity index (χ1n) is 10.6. The lowest BCUT2D eigenvalue weighted by molar-refractivity contribution is -0.117. The average molecular weight is 395 g/mol. The first kappa shape index (κ1) is 19.9. The summed E-state index contributed by atoms with van der Waals surface area (Å²) in [5.41, 5.74) is 3.50. The third kappa shape index (κ3) is 5.17. The minimum Gasteiger partial charge on any atom is -0.497 e. The van der Waals surface area contributed by atoms with Crippen LogP contribution in [0.3, 0.4) is 0 Å². The molecule has 29 heavy (non-hydrogen) atoms. The van der Waals surface area contributed by atoms with E-state index in [1.54, 1.807) is 7.11 Å². The van der Waals surface area contributed by atoms with Crippen molar-refractivity contribution in [1.29, 1.82) is 0 Å². The van der Waals surface area contributed by atoms with E-state index in [2.05, 4.69) is 41.3 Å². The summed E-state index contributed by atoms with van der Waals surface area (Å²) in [4.78, 5) is 16.3. The van der Waals surface area contributed by atoms with E-state index in [0.717, 1.165) is 63.5 Å². The van der Waals surface area contributed by atoms with Gasteiger partial charge < -0.3 is 14.4 Å². The number of methoxy groups -OCH3 is 1. The number of nitrogens with zero attached hydrogens (tertiary/aromatic N) is 2. The fourth-order valence-corrected chi connectivity index (χ4v) is 4.25. The van der Waals surface area contributed by atoms with Crippen LogP contribution in [0.15, 0.2) is 48.5 Å². The summed E-state index contributed by atoms with van der Waals surface area (Å²) in [7, 11) is 1.70. The Morgan fingerprint density at radius 2 is 1.93 bits per heavy atom. The summed E-state index contributed by atoms with van der Waals surface area (Å²) in [6.45, 7) is 4.33. The predicted molar refractivity (Wildman–Crippen MR) is 114 cm³/mol. The zero-order valence-corrected chi connectivity index (χ0v) is 17.2. The van der Waals surface area contributed by atoms with Crippen molar-refractivity contribution in [1.82, 2.24) is 4.90 Å². The number of benzene rings is 2. The summed E-state index contributed by atoms with van der Waals surface area (Å²) in [5.74, 6) is 1.12. The molecule has 0 radical (unpaired) electrons. The van der Waals surface area contributed by atoms with Gasteiger partial charge in [0, 0.05) is 44.9 Å². The van der Waals surface area contributed by atoms with E-state index in [-0.39, 0.29) is 5.91 Å². The molecule has 0 aromatic heterocycles. The molecule has 1 amide bonds. The summed E-state index contributed by atoms with van der Waals surface area (Å²) in [5, 5.41) is 0. The van der Waals surface area contributed by atoms with Crippen LogP contribution in [0.1, 0.15) is 36.8 Å². The van der Waals surface area contributed by atoms with Crippen LogP contribution < -0.4 is 9.64 Å². The van der Waals surface area contributed by atoms with Gasteiger partial charge in [0.1, 0.15) is 5.75 Å². The van der Waals surface area contributed by atoms with E-state index in [1.807, 2.05) is 17.0 Å². The molecule has 4 rings (SSSR count). The van der Waals surface area contributed by atoms with Crippen molar-refractivity contribution in [3.63, 3.8) is 0 Å². The number of amides is 1. The van der Waals surface area contributed by atoms with Crippen molar-refractivity contribution in [3.8, 4) is 5.75 Å². The molecular weight excluding hydrogens is 364 g/mol. The summed E-state index contributed by atoms with van der Waals surface area (Å²) >= 11 is 0. The molecule has 0 N–H and O–H groups in total. The molecule has 2 aliphatic heterocycles. The van der Waals surface area contributed by atoms with Crippen molar-refractivity contribution in [2.24, 2.45) is 0 Å². The van der Waals surface area contributed by atoms with E-state index in [0.29, 0.717) is 12.5 Å². The predicted octanol–water partition coefficient (Wildman–Crippen LogP) is 4.00. The van der Waals surface area contributed by atoms with Gasteiger partial charge in [-0.3, -0.25) is 9.69 Å². The summed E-state index contributed by atoms with van der Waals surface area (Å²) in [6, 6.07) is 16.7. The smallest absolute Gasteiger partial charge is 0.227 e. The SMILES string of the molecule is COc1cccc(CN(Cc2ccc(N3CCCC3=O)cc2)CC2CCCO2)c1. The lowest BCUT2D eigenvalue weighted by atomic mass is 10.1. The molecule has 2 aromatic rings. The minimum atomic E-state index is 0.232. The lowest BCUT2D eigenvalue weighted by Gasteiger charge is -2.26. The number of ether oxygens (including phenoxy) is 2. The Hall–Kier alpha value is -2.37. The van der Waals surface area contributed by atoms with Crippen LogP contribution >= 0.6 is 0 Å². The highest BCUT2D eigenvalue weighted by Crippen LogP contribution is 2.23. The van der Waals surface area contributed by atoms with Gasteiger partial charge in [-0.05, 0) is 54.7 Å². The average Bonchev–Trinajstić information content (AvgIpc) is 3.40. The zero-order chi connectivity index (χ0) is 20.1. The van der Waals surface area contributed by atoms with Crippen LogP contribution in [0.5, 0.6) is 5.75 Å². The van der Waals surface area contributed by atoms with Gasteiger partial charge in [-0.25, -0.2) is 0 Å². The second-order valence-electron chi connectivity index (χ2n) is 7.97. The maximum Gasteiger partial charge on any atom is 0.227 e. The van der Waals surface area contributed by atoms with Gasteiger partial charge >= 0.3 is 0 Å². The van der Waals surface area contributed by atoms with E-state index in [4.69, 9.17) is 9.47 Å². The van der Waals surface area contributed by atoms with Crippen LogP contribution in [0.4, 0.5) is 5.69 Å². The molecule has 2 heterocycles. The van der Waals surface area contributed by atoms with E-state index < -0.39 is 0 Å². The first-order chi connectivity index (χ1) is 14.2. The van der Waals surface area contributed by atoms with Crippen molar-refractivity contribution in [2.75, 3.05) is 31.7 Å². The van der Waals surface area contributed by atoms with Gasteiger partial charge in [0.25, 0.3) is 0 Å². The second kappa shape index (κ2) is 9.42. The molecule has 2 aromatic carbocycles. The fourth-order valence-electron chi connectivity index (χ4n) is 4.25. The topological polar surface area (TPSA) is 42.0 Å². The molecule has 2 saturated heterocycles. The molecule has 0 bridgehead atoms. The number of rotatable bonds is 8. The number of hydrogen-bond acceptors (Lipinski definition) is 4. The highest BCUT2D eigenvalue weighted by Gasteiger charge is 2.22. The van der Waals surface area contributed by atoms with E-state index in [9.17, 15) is 4.79 Å². The molecule has 2 fully saturated rings. The molecule has 5 heteroatoms. The molecule has 1 atom stereocenters. The van der Waals surface area contributed by atoms with E-state index in [1.165, 1.54) is 11.1 Å². The van der Waals surface area contributed by atoms with Gasteiger partial charge in [-0.2, -0.15) is 0 Å². The minimum absolute atomic E-state index is 0.232. The van der Waals surface area contributed by atoms with Crippen molar-refractivity contribution < 1.29 is 14.3 Å². The zero-order valence-electron chi connectivity index (χ0n) is 17.2. The van der Waals surface area contributed by atoms with Crippen LogP contribution in [-0.2, 0) is 22.6 Å². The summed E-state index contributed by atoms with van der Waals surface area (Å²) < 4.78 is 11.3. The third-order valence-electron chi connectivity index (χ3n) is 5.75. The maximum atomic E-state index is 12.0. The standard InChI is InChI=1S/C24H30N2O3/c1-28-22-6-2-5-20(15-22)17-25(18-23-7-4-14-29-23)16-19-9-11-21(12-10-19)26-13-3-8-24(26)27/h2,5-6,9-12,15,23H,3-4,7-8,13-14,16-18H2,1H3. The van der Waals surface area contributed by atoms with Gasteiger partial charge in [0.15, 0.2) is 0 Å². The van der Waals surface area contributed by atoms with Crippen LogP contribution in [0.2, 0.25) is 0 Å². The van der Waals surface area contributed by atoms with Crippen molar-refractivity contribution >= 4 is 11.6 Å². The van der Waals surface area contributed by atoms with Gasteiger partial charge in [0.2, 0.25) is 5.91 Å². The Morgan fingerprint density at radius 1 is 1.10 bits per heavy atom. The lowest BCUT2D eigenvalue weighted by Crippen LogP contribution is -2.31. The molecule has 0 saturated carbocycles. The normalized spacial score (nSPS) is 19.3. The molecule has 2 aliphatic rings. The number of anilines is 1.